The van der Waals surface area contributed by atoms with Crippen molar-refractivity contribution in [3.05, 3.63) is 94.5 Å². The van der Waals surface area contributed by atoms with E-state index < -0.39 is 28.5 Å². The lowest BCUT2D eigenvalue weighted by Crippen LogP contribution is -2.52. The van der Waals surface area contributed by atoms with Crippen molar-refractivity contribution >= 4 is 27.5 Å². The van der Waals surface area contributed by atoms with Crippen LogP contribution in [0.4, 0.5) is 5.69 Å². The Morgan fingerprint density at radius 2 is 1.43 bits per heavy atom. The number of benzene rings is 3. The van der Waals surface area contributed by atoms with Gasteiger partial charge >= 0.3 is 0 Å². The van der Waals surface area contributed by atoms with Gasteiger partial charge in [0.15, 0.2) is 0 Å². The Bertz CT molecular complexity index is 1420. The molecular weight excluding hydrogens is 522 g/mol. The van der Waals surface area contributed by atoms with Gasteiger partial charge in [0.2, 0.25) is 11.8 Å². The molecule has 0 saturated heterocycles. The summed E-state index contributed by atoms with van der Waals surface area (Å²) in [5.74, 6) is -0.697. The zero-order chi connectivity index (χ0) is 29.4. The molecule has 0 fully saturated rings. The van der Waals surface area contributed by atoms with Crippen molar-refractivity contribution in [1.29, 1.82) is 0 Å². The molecule has 1 atom stereocenters. The van der Waals surface area contributed by atoms with Gasteiger partial charge in [-0.15, -0.1) is 0 Å². The molecule has 0 radical (unpaired) electrons. The molecule has 0 spiro atoms. The SMILES string of the molecule is CCCNC(=O)[C@@H](CC)N(Cc1ccc(C)cc1)C(=O)CN(c1ccc(C)c(C)c1)S(=O)(=O)c1ccc(C)cc1. The van der Waals surface area contributed by atoms with Gasteiger partial charge in [-0.3, -0.25) is 13.9 Å². The number of amides is 2. The minimum atomic E-state index is -4.09. The molecule has 0 heterocycles. The Balaban J connectivity index is 2.07. The highest BCUT2D eigenvalue weighted by molar-refractivity contribution is 7.92. The van der Waals surface area contributed by atoms with Crippen LogP contribution in [-0.4, -0.2) is 44.3 Å². The van der Waals surface area contributed by atoms with Crippen LogP contribution >= 0.6 is 0 Å². The molecule has 214 valence electrons. The maximum atomic E-state index is 14.1. The number of carbonyl (C=O) groups excluding carboxylic acids is 2. The fourth-order valence-corrected chi connectivity index (χ4v) is 5.83. The molecule has 3 aromatic rings. The average Bonchev–Trinajstić information content (AvgIpc) is 2.93. The number of nitrogens with zero attached hydrogens (tertiary/aromatic N) is 2. The van der Waals surface area contributed by atoms with Crippen LogP contribution in [0.5, 0.6) is 0 Å². The van der Waals surface area contributed by atoms with Gasteiger partial charge in [-0.05, 0) is 81.5 Å². The van der Waals surface area contributed by atoms with Gasteiger partial charge < -0.3 is 10.2 Å². The number of carbonyl (C=O) groups is 2. The second kappa shape index (κ2) is 13.6. The Kier molecular flexibility index (Phi) is 10.5. The van der Waals surface area contributed by atoms with E-state index in [1.54, 1.807) is 36.4 Å². The van der Waals surface area contributed by atoms with Gasteiger partial charge in [-0.25, -0.2) is 8.42 Å². The molecular formula is C32H41N3O4S. The van der Waals surface area contributed by atoms with E-state index in [-0.39, 0.29) is 17.3 Å². The number of rotatable bonds is 12. The maximum Gasteiger partial charge on any atom is 0.264 e. The number of aryl methyl sites for hydroxylation is 4. The van der Waals surface area contributed by atoms with Crippen molar-refractivity contribution < 1.29 is 18.0 Å². The van der Waals surface area contributed by atoms with Crippen molar-refractivity contribution in [3.63, 3.8) is 0 Å². The molecule has 3 rings (SSSR count). The van der Waals surface area contributed by atoms with E-state index in [2.05, 4.69) is 5.32 Å². The first-order valence-corrected chi connectivity index (χ1v) is 15.2. The quantitative estimate of drug-likeness (QED) is 0.318. The molecule has 7 nitrogen and oxygen atoms in total. The molecule has 0 aliphatic heterocycles. The lowest BCUT2D eigenvalue weighted by molar-refractivity contribution is -0.140. The van der Waals surface area contributed by atoms with Crippen LogP contribution < -0.4 is 9.62 Å². The molecule has 0 unspecified atom stereocenters. The molecule has 0 aliphatic rings. The van der Waals surface area contributed by atoms with Crippen molar-refractivity contribution in [1.82, 2.24) is 10.2 Å². The monoisotopic (exact) mass is 563 g/mol. The second-order valence-electron chi connectivity index (χ2n) is 10.3. The Labute approximate surface area is 239 Å². The summed E-state index contributed by atoms with van der Waals surface area (Å²) < 4.78 is 29.1. The van der Waals surface area contributed by atoms with Crippen LogP contribution in [-0.2, 0) is 26.2 Å². The van der Waals surface area contributed by atoms with E-state index in [1.165, 1.54) is 4.90 Å². The van der Waals surface area contributed by atoms with Gasteiger partial charge in [0.05, 0.1) is 10.6 Å². The highest BCUT2D eigenvalue weighted by atomic mass is 32.2. The van der Waals surface area contributed by atoms with Crippen LogP contribution in [0.25, 0.3) is 0 Å². The van der Waals surface area contributed by atoms with Gasteiger partial charge in [0, 0.05) is 13.1 Å². The first-order valence-electron chi connectivity index (χ1n) is 13.8. The highest BCUT2D eigenvalue weighted by Gasteiger charge is 2.33. The van der Waals surface area contributed by atoms with Crippen molar-refractivity contribution in [2.75, 3.05) is 17.4 Å². The minimum absolute atomic E-state index is 0.0990. The Morgan fingerprint density at radius 3 is 1.98 bits per heavy atom. The Hall–Kier alpha value is -3.65. The first kappa shape index (κ1) is 30.9. The summed E-state index contributed by atoms with van der Waals surface area (Å²) in [5, 5.41) is 2.91. The van der Waals surface area contributed by atoms with Crippen LogP contribution in [0.1, 0.15) is 54.5 Å². The van der Waals surface area contributed by atoms with Crippen LogP contribution in [0.3, 0.4) is 0 Å². The van der Waals surface area contributed by atoms with E-state index in [0.717, 1.165) is 38.5 Å². The summed E-state index contributed by atoms with van der Waals surface area (Å²) in [6.07, 6.45) is 1.16. The number of hydrogen-bond acceptors (Lipinski definition) is 4. The van der Waals surface area contributed by atoms with E-state index >= 15 is 0 Å². The number of hydrogen-bond donors (Lipinski definition) is 1. The smallest absolute Gasteiger partial charge is 0.264 e. The van der Waals surface area contributed by atoms with Crippen LogP contribution in [0, 0.1) is 27.7 Å². The zero-order valence-electron chi connectivity index (χ0n) is 24.4. The average molecular weight is 564 g/mol. The lowest BCUT2D eigenvalue weighted by atomic mass is 10.1. The molecule has 0 aliphatic carbocycles. The maximum absolute atomic E-state index is 14.1. The minimum Gasteiger partial charge on any atom is -0.354 e. The fraction of sp³-hybridized carbons (Fsp3) is 0.375. The summed E-state index contributed by atoms with van der Waals surface area (Å²) in [7, 11) is -4.09. The molecule has 0 aromatic heterocycles. The van der Waals surface area contributed by atoms with Gasteiger partial charge in [0.25, 0.3) is 10.0 Å². The summed E-state index contributed by atoms with van der Waals surface area (Å²) in [5.41, 5.74) is 5.20. The lowest BCUT2D eigenvalue weighted by Gasteiger charge is -2.33. The number of sulfonamides is 1. The predicted molar refractivity (Wildman–Crippen MR) is 161 cm³/mol. The van der Waals surface area contributed by atoms with E-state index in [1.807, 2.05) is 71.9 Å². The zero-order valence-corrected chi connectivity index (χ0v) is 25.2. The predicted octanol–water partition coefficient (Wildman–Crippen LogP) is 5.45. The molecule has 1 N–H and O–H groups in total. The summed E-state index contributed by atoms with van der Waals surface area (Å²) >= 11 is 0. The van der Waals surface area contributed by atoms with Crippen LogP contribution in [0.2, 0.25) is 0 Å². The Morgan fingerprint density at radius 1 is 0.825 bits per heavy atom. The van der Waals surface area contributed by atoms with E-state index in [9.17, 15) is 18.0 Å². The van der Waals surface area contributed by atoms with Gasteiger partial charge in [-0.1, -0.05) is 67.4 Å². The summed E-state index contributed by atoms with van der Waals surface area (Å²) in [4.78, 5) is 28.9. The van der Waals surface area contributed by atoms with E-state index in [0.29, 0.717) is 18.7 Å². The standard InChI is InChI=1S/C32H41N3O4S/c1-7-19-33-32(37)30(8-2)34(21-27-14-9-23(3)10-15-27)31(36)22-35(28-16-13-25(5)26(6)20-28)40(38,39)29-17-11-24(4)12-18-29/h9-18,20,30H,7-8,19,21-22H2,1-6H3,(H,33,37)/t30-/m1/s1. The van der Waals surface area contributed by atoms with Crippen LogP contribution in [0.15, 0.2) is 71.6 Å². The third-order valence-electron chi connectivity index (χ3n) is 7.07. The molecule has 40 heavy (non-hydrogen) atoms. The van der Waals surface area contributed by atoms with Gasteiger partial charge in [0.1, 0.15) is 12.6 Å². The third kappa shape index (κ3) is 7.50. The molecule has 3 aromatic carbocycles. The topological polar surface area (TPSA) is 86.8 Å². The van der Waals surface area contributed by atoms with Crippen molar-refractivity contribution in [2.45, 2.75) is 71.9 Å². The highest BCUT2D eigenvalue weighted by Crippen LogP contribution is 2.27. The molecule has 2 amide bonds. The van der Waals surface area contributed by atoms with E-state index in [4.69, 9.17) is 0 Å². The summed E-state index contributed by atoms with van der Waals surface area (Å²) in [6, 6.07) is 19.0. The molecule has 0 bridgehead atoms. The third-order valence-corrected chi connectivity index (χ3v) is 8.86. The second-order valence-corrected chi connectivity index (χ2v) is 12.2. The largest absolute Gasteiger partial charge is 0.354 e. The van der Waals surface area contributed by atoms with Crippen molar-refractivity contribution in [2.24, 2.45) is 0 Å². The van der Waals surface area contributed by atoms with Crippen molar-refractivity contribution in [3.8, 4) is 0 Å². The van der Waals surface area contributed by atoms with Gasteiger partial charge in [-0.2, -0.15) is 0 Å². The normalized spacial score (nSPS) is 12.1. The summed E-state index contributed by atoms with van der Waals surface area (Å²) in [6.45, 7) is 11.8. The fourth-order valence-electron chi connectivity index (χ4n) is 4.42. The molecule has 0 saturated carbocycles. The first-order chi connectivity index (χ1) is 19.0. The number of anilines is 1. The number of nitrogens with one attached hydrogen (secondary N) is 1. The molecule has 8 heteroatoms.